The normalized spacial score (nSPS) is 12.7. The van der Waals surface area contributed by atoms with E-state index in [1.165, 1.54) is 27.8 Å². The molecule has 0 saturated carbocycles. The van der Waals surface area contributed by atoms with Crippen LogP contribution in [0.1, 0.15) is 11.3 Å². The molecule has 1 aliphatic rings. The molecule has 0 spiro atoms. The van der Waals surface area contributed by atoms with Gasteiger partial charge in [-0.1, -0.05) is 23.8 Å². The van der Waals surface area contributed by atoms with Crippen LogP contribution in [-0.4, -0.2) is 44.1 Å². The lowest BCUT2D eigenvalue weighted by molar-refractivity contribution is 0.483. The molecule has 11 heteroatoms. The Hall–Kier alpha value is -3.57. The molecule has 0 unspecified atom stereocenters. The Morgan fingerprint density at radius 2 is 1.87 bits per heavy atom. The van der Waals surface area contributed by atoms with E-state index >= 15 is 0 Å². The highest BCUT2D eigenvalue weighted by Crippen LogP contribution is 2.27. The van der Waals surface area contributed by atoms with E-state index < -0.39 is 10.1 Å². The van der Waals surface area contributed by atoms with Crippen molar-refractivity contribution in [2.45, 2.75) is 18.2 Å². The molecule has 1 aliphatic heterocycles. The topological polar surface area (TPSA) is 132 Å². The van der Waals surface area contributed by atoms with Crippen LogP contribution >= 0.6 is 0 Å². The van der Waals surface area contributed by atoms with Crippen molar-refractivity contribution in [3.8, 4) is 5.95 Å². The second-order valence-electron chi connectivity index (χ2n) is 7.04. The van der Waals surface area contributed by atoms with Crippen molar-refractivity contribution in [1.82, 2.24) is 24.5 Å². The minimum atomic E-state index is -4.02. The van der Waals surface area contributed by atoms with Crippen LogP contribution < -0.4 is 10.9 Å². The van der Waals surface area contributed by atoms with E-state index in [2.05, 4.69) is 20.5 Å². The van der Waals surface area contributed by atoms with Gasteiger partial charge in [0.2, 0.25) is 0 Å². The summed E-state index contributed by atoms with van der Waals surface area (Å²) >= 11 is 0. The molecule has 0 saturated heterocycles. The largest absolute Gasteiger partial charge is 0.384 e. The standard InChI is InChI=1S/C13H12N6O.C7H8O3S/c1-18-13(15-7-16-18)19-12(20)8-3-2-4-9-11(8)10(17-19)5-6-14-9;1-6-2-4-7(5-3-6)11(8,9)10/h2-4,7,14H,5-6H2,1H3;2-5H,1H3,(H,8,9,10). The Kier molecular flexibility index (Phi) is 5.29. The van der Waals surface area contributed by atoms with Gasteiger partial charge in [-0.05, 0) is 31.2 Å². The fourth-order valence-corrected chi connectivity index (χ4v) is 3.82. The maximum absolute atomic E-state index is 12.6. The zero-order chi connectivity index (χ0) is 22.2. The van der Waals surface area contributed by atoms with Crippen molar-refractivity contribution in [2.75, 3.05) is 11.9 Å². The third-order valence-electron chi connectivity index (χ3n) is 4.87. The molecule has 5 rings (SSSR count). The molecule has 31 heavy (non-hydrogen) atoms. The summed E-state index contributed by atoms with van der Waals surface area (Å²) in [5, 5.41) is 13.3. The van der Waals surface area contributed by atoms with Crippen LogP contribution in [0.15, 0.2) is 58.5 Å². The number of aromatic nitrogens is 5. The average molecular weight is 440 g/mol. The molecule has 2 aromatic carbocycles. The zero-order valence-electron chi connectivity index (χ0n) is 16.8. The van der Waals surface area contributed by atoms with Gasteiger partial charge in [0.1, 0.15) is 6.33 Å². The number of hydrogen-bond acceptors (Lipinski definition) is 7. The van der Waals surface area contributed by atoms with Gasteiger partial charge in [-0.2, -0.15) is 28.3 Å². The molecule has 160 valence electrons. The van der Waals surface area contributed by atoms with Crippen LogP contribution in [0.3, 0.4) is 0 Å². The van der Waals surface area contributed by atoms with Crippen molar-refractivity contribution < 1.29 is 13.0 Å². The third kappa shape index (κ3) is 4.05. The molecule has 2 aromatic heterocycles. The summed E-state index contributed by atoms with van der Waals surface area (Å²) in [6, 6.07) is 11.7. The maximum atomic E-state index is 12.6. The molecule has 0 fully saturated rings. The minimum Gasteiger partial charge on any atom is -0.384 e. The van der Waals surface area contributed by atoms with Gasteiger partial charge in [-0.25, -0.2) is 4.68 Å². The maximum Gasteiger partial charge on any atom is 0.294 e. The third-order valence-corrected chi connectivity index (χ3v) is 5.74. The Morgan fingerprint density at radius 1 is 1.13 bits per heavy atom. The lowest BCUT2D eigenvalue weighted by atomic mass is 10.0. The van der Waals surface area contributed by atoms with Crippen LogP contribution in [0, 0.1) is 6.92 Å². The lowest BCUT2D eigenvalue weighted by Crippen LogP contribution is -2.28. The summed E-state index contributed by atoms with van der Waals surface area (Å²) in [4.78, 5) is 16.7. The first kappa shape index (κ1) is 20.7. The van der Waals surface area contributed by atoms with Gasteiger partial charge in [0.15, 0.2) is 0 Å². The van der Waals surface area contributed by atoms with E-state index in [1.54, 1.807) is 19.2 Å². The number of nitrogens with one attached hydrogen (secondary N) is 1. The summed E-state index contributed by atoms with van der Waals surface area (Å²) in [5.41, 5.74) is 2.67. The number of rotatable bonds is 2. The first-order valence-electron chi connectivity index (χ1n) is 9.43. The molecule has 0 amide bonds. The molecular weight excluding hydrogens is 420 g/mol. The molecule has 0 bridgehead atoms. The molecule has 0 atom stereocenters. The number of hydrogen-bond donors (Lipinski definition) is 2. The van der Waals surface area contributed by atoms with E-state index in [0.717, 1.165) is 35.3 Å². The number of aryl methyl sites for hydroxylation is 2. The van der Waals surface area contributed by atoms with Crippen molar-refractivity contribution in [2.24, 2.45) is 7.05 Å². The molecule has 10 nitrogen and oxygen atoms in total. The Labute approximate surface area is 177 Å². The van der Waals surface area contributed by atoms with Gasteiger partial charge in [0.25, 0.3) is 21.6 Å². The monoisotopic (exact) mass is 440 g/mol. The van der Waals surface area contributed by atoms with Crippen molar-refractivity contribution >= 4 is 26.6 Å². The van der Waals surface area contributed by atoms with Crippen LogP contribution in [0.25, 0.3) is 16.7 Å². The fraction of sp³-hybridized carbons (Fsp3) is 0.200. The predicted octanol–water partition coefficient (Wildman–Crippen LogP) is 1.72. The Balaban J connectivity index is 0.000000180. The summed E-state index contributed by atoms with van der Waals surface area (Å²) < 4.78 is 32.4. The van der Waals surface area contributed by atoms with Crippen LogP contribution in [-0.2, 0) is 23.6 Å². The SMILES string of the molecule is Cc1ccc(S(=O)(=O)O)cc1.Cn1ncnc1-n1nc2c3c(cccc3c1=O)NCC2. The highest BCUT2D eigenvalue weighted by Gasteiger charge is 2.19. The van der Waals surface area contributed by atoms with E-state index in [-0.39, 0.29) is 10.5 Å². The second kappa shape index (κ2) is 7.93. The van der Waals surface area contributed by atoms with Gasteiger partial charge in [0.05, 0.1) is 16.0 Å². The van der Waals surface area contributed by atoms with E-state index in [1.807, 2.05) is 25.1 Å². The highest BCUT2D eigenvalue weighted by atomic mass is 32.2. The van der Waals surface area contributed by atoms with E-state index in [4.69, 9.17) is 4.55 Å². The Morgan fingerprint density at radius 3 is 2.52 bits per heavy atom. The minimum absolute atomic E-state index is 0.0666. The molecule has 4 aromatic rings. The van der Waals surface area contributed by atoms with E-state index in [9.17, 15) is 13.2 Å². The average Bonchev–Trinajstić information content (AvgIpc) is 3.16. The quantitative estimate of drug-likeness (QED) is 0.450. The van der Waals surface area contributed by atoms with Gasteiger partial charge in [-0.3, -0.25) is 9.35 Å². The number of nitrogens with zero attached hydrogens (tertiary/aromatic N) is 5. The van der Waals surface area contributed by atoms with Crippen LogP contribution in [0.4, 0.5) is 5.69 Å². The number of anilines is 1. The fourth-order valence-electron chi connectivity index (χ4n) is 3.34. The summed E-state index contributed by atoms with van der Waals surface area (Å²) in [5.74, 6) is 0.428. The number of benzene rings is 2. The second-order valence-corrected chi connectivity index (χ2v) is 8.46. The van der Waals surface area contributed by atoms with Gasteiger partial charge < -0.3 is 5.32 Å². The van der Waals surface area contributed by atoms with Gasteiger partial charge in [0, 0.05) is 31.1 Å². The smallest absolute Gasteiger partial charge is 0.294 e. The summed E-state index contributed by atoms with van der Waals surface area (Å²) in [6.07, 6.45) is 2.20. The van der Waals surface area contributed by atoms with Crippen LogP contribution in [0.2, 0.25) is 0 Å². The van der Waals surface area contributed by atoms with Crippen LogP contribution in [0.5, 0.6) is 0 Å². The molecular formula is C20H20N6O4S. The van der Waals surface area contributed by atoms with Gasteiger partial charge >= 0.3 is 0 Å². The van der Waals surface area contributed by atoms with Gasteiger partial charge in [-0.15, -0.1) is 0 Å². The summed E-state index contributed by atoms with van der Waals surface area (Å²) in [6.45, 7) is 2.66. The summed E-state index contributed by atoms with van der Waals surface area (Å²) in [7, 11) is -2.28. The molecule has 3 heterocycles. The first-order valence-corrected chi connectivity index (χ1v) is 10.9. The van der Waals surface area contributed by atoms with Crippen molar-refractivity contribution in [3.63, 3.8) is 0 Å². The molecule has 0 aliphatic carbocycles. The highest BCUT2D eigenvalue weighted by molar-refractivity contribution is 7.85. The zero-order valence-corrected chi connectivity index (χ0v) is 17.7. The lowest BCUT2D eigenvalue weighted by Gasteiger charge is -2.18. The van der Waals surface area contributed by atoms with Crippen molar-refractivity contribution in [1.29, 1.82) is 0 Å². The first-order chi connectivity index (χ1) is 14.8. The molecule has 0 radical (unpaired) electrons. The Bertz CT molecular complexity index is 1420. The van der Waals surface area contributed by atoms with E-state index in [0.29, 0.717) is 11.3 Å². The van der Waals surface area contributed by atoms with Crippen molar-refractivity contribution in [3.05, 3.63) is 70.4 Å². The predicted molar refractivity (Wildman–Crippen MR) is 115 cm³/mol. The molecule has 2 N–H and O–H groups in total.